The fourth-order valence-corrected chi connectivity index (χ4v) is 3.16. The molecule has 0 heterocycles. The molecule has 1 aliphatic rings. The van der Waals surface area contributed by atoms with Gasteiger partial charge in [0.25, 0.3) is 0 Å². The zero-order chi connectivity index (χ0) is 12.8. The maximum Gasteiger partial charge on any atom is 0.220 e. The molecule has 1 fully saturated rings. The summed E-state index contributed by atoms with van der Waals surface area (Å²) in [4.78, 5) is 12.0. The van der Waals surface area contributed by atoms with Gasteiger partial charge in [-0.2, -0.15) is 0 Å². The first-order valence-corrected chi connectivity index (χ1v) is 7.82. The van der Waals surface area contributed by atoms with Gasteiger partial charge in [0.1, 0.15) is 0 Å². The average molecular weight is 310 g/mol. The first kappa shape index (κ1) is 13.6. The lowest BCUT2D eigenvalue weighted by Crippen LogP contribution is -2.30. The zero-order valence-corrected chi connectivity index (χ0v) is 12.2. The van der Waals surface area contributed by atoms with Gasteiger partial charge in [0.2, 0.25) is 5.91 Å². The lowest BCUT2D eigenvalue weighted by molar-refractivity contribution is -0.122. The van der Waals surface area contributed by atoms with Gasteiger partial charge < -0.3 is 5.32 Å². The van der Waals surface area contributed by atoms with E-state index < -0.39 is 0 Å². The highest BCUT2D eigenvalue weighted by Crippen LogP contribution is 2.27. The number of alkyl halides is 1. The van der Waals surface area contributed by atoms with Crippen molar-refractivity contribution in [3.63, 3.8) is 0 Å². The fourth-order valence-electron chi connectivity index (χ4n) is 2.63. The van der Waals surface area contributed by atoms with E-state index in [0.717, 1.165) is 10.9 Å². The van der Waals surface area contributed by atoms with E-state index in [1.807, 2.05) is 18.2 Å². The van der Waals surface area contributed by atoms with Gasteiger partial charge in [-0.25, -0.2) is 0 Å². The van der Waals surface area contributed by atoms with Crippen molar-refractivity contribution in [2.45, 2.75) is 38.1 Å². The first-order chi connectivity index (χ1) is 8.79. The quantitative estimate of drug-likeness (QED) is 0.823. The molecule has 0 aliphatic heterocycles. The van der Waals surface area contributed by atoms with Gasteiger partial charge in [0.15, 0.2) is 0 Å². The van der Waals surface area contributed by atoms with Crippen LogP contribution in [0.1, 0.15) is 43.7 Å². The SMILES string of the molecule is O=C(CC1CCCC1)NC(CBr)c1ccccc1. The number of carbonyl (C=O) groups is 1. The van der Waals surface area contributed by atoms with Crippen molar-refractivity contribution >= 4 is 21.8 Å². The molecule has 98 valence electrons. The molecule has 0 bridgehead atoms. The molecule has 0 radical (unpaired) electrons. The fraction of sp³-hybridized carbons (Fsp3) is 0.533. The van der Waals surface area contributed by atoms with Crippen molar-refractivity contribution in [3.8, 4) is 0 Å². The Balaban J connectivity index is 1.87. The van der Waals surface area contributed by atoms with Crippen molar-refractivity contribution in [1.82, 2.24) is 5.32 Å². The predicted molar refractivity (Wildman–Crippen MR) is 77.7 cm³/mol. The van der Waals surface area contributed by atoms with E-state index in [-0.39, 0.29) is 11.9 Å². The number of rotatable bonds is 5. The number of hydrogen-bond acceptors (Lipinski definition) is 1. The van der Waals surface area contributed by atoms with Crippen LogP contribution in [0.15, 0.2) is 30.3 Å². The maximum absolute atomic E-state index is 12.0. The largest absolute Gasteiger partial charge is 0.348 e. The molecule has 1 atom stereocenters. The summed E-state index contributed by atoms with van der Waals surface area (Å²) in [6.45, 7) is 0. The molecular formula is C15H20BrNO. The van der Waals surface area contributed by atoms with Crippen LogP contribution >= 0.6 is 15.9 Å². The zero-order valence-electron chi connectivity index (χ0n) is 10.6. The van der Waals surface area contributed by atoms with Crippen LogP contribution in [0.4, 0.5) is 0 Å². The summed E-state index contributed by atoms with van der Waals surface area (Å²) in [5, 5.41) is 3.88. The van der Waals surface area contributed by atoms with E-state index in [0.29, 0.717) is 12.3 Å². The average Bonchev–Trinajstić information content (AvgIpc) is 2.90. The Hall–Kier alpha value is -0.830. The van der Waals surface area contributed by atoms with Crippen LogP contribution in [0.5, 0.6) is 0 Å². The van der Waals surface area contributed by atoms with E-state index >= 15 is 0 Å². The van der Waals surface area contributed by atoms with Crippen LogP contribution in [-0.4, -0.2) is 11.2 Å². The predicted octanol–water partition coefficient (Wildman–Crippen LogP) is 3.82. The van der Waals surface area contributed by atoms with Crippen molar-refractivity contribution in [2.75, 3.05) is 5.33 Å². The van der Waals surface area contributed by atoms with Gasteiger partial charge in [-0.05, 0) is 24.3 Å². The normalized spacial score (nSPS) is 17.6. The molecule has 2 rings (SSSR count). The maximum atomic E-state index is 12.0. The Labute approximate surface area is 117 Å². The second-order valence-electron chi connectivity index (χ2n) is 5.04. The highest BCUT2D eigenvalue weighted by molar-refractivity contribution is 9.09. The van der Waals surface area contributed by atoms with Crippen molar-refractivity contribution in [1.29, 1.82) is 0 Å². The molecule has 0 saturated heterocycles. The number of hydrogen-bond donors (Lipinski definition) is 1. The molecular weight excluding hydrogens is 290 g/mol. The highest BCUT2D eigenvalue weighted by atomic mass is 79.9. The van der Waals surface area contributed by atoms with Crippen LogP contribution in [-0.2, 0) is 4.79 Å². The number of amides is 1. The molecule has 1 saturated carbocycles. The third-order valence-corrected chi connectivity index (χ3v) is 4.29. The Bertz CT molecular complexity index is 373. The Kier molecular flexibility index (Phi) is 5.24. The highest BCUT2D eigenvalue weighted by Gasteiger charge is 2.20. The van der Waals surface area contributed by atoms with E-state index in [1.165, 1.54) is 25.7 Å². The lowest BCUT2D eigenvalue weighted by atomic mass is 10.0. The molecule has 3 heteroatoms. The molecule has 2 nitrogen and oxygen atoms in total. The Morgan fingerprint density at radius 1 is 1.28 bits per heavy atom. The van der Waals surface area contributed by atoms with Gasteiger partial charge in [0, 0.05) is 11.8 Å². The minimum atomic E-state index is 0.0834. The third-order valence-electron chi connectivity index (χ3n) is 3.64. The molecule has 1 aliphatic carbocycles. The molecule has 1 N–H and O–H groups in total. The Morgan fingerprint density at radius 3 is 2.56 bits per heavy atom. The van der Waals surface area contributed by atoms with E-state index in [9.17, 15) is 4.79 Å². The van der Waals surface area contributed by atoms with Gasteiger partial charge in [0.05, 0.1) is 6.04 Å². The lowest BCUT2D eigenvalue weighted by Gasteiger charge is -2.18. The van der Waals surface area contributed by atoms with Crippen molar-refractivity contribution in [3.05, 3.63) is 35.9 Å². The summed E-state index contributed by atoms with van der Waals surface area (Å²) in [6, 6.07) is 10.2. The molecule has 1 unspecified atom stereocenters. The Morgan fingerprint density at radius 2 is 1.94 bits per heavy atom. The third kappa shape index (κ3) is 3.84. The van der Waals surface area contributed by atoms with E-state index in [1.54, 1.807) is 0 Å². The topological polar surface area (TPSA) is 29.1 Å². The minimum absolute atomic E-state index is 0.0834. The van der Waals surface area contributed by atoms with Crippen molar-refractivity contribution in [2.24, 2.45) is 5.92 Å². The standard InChI is InChI=1S/C15H20BrNO/c16-11-14(13-8-2-1-3-9-13)17-15(18)10-12-6-4-5-7-12/h1-3,8-9,12,14H,4-7,10-11H2,(H,17,18). The van der Waals surface area contributed by atoms with Crippen LogP contribution < -0.4 is 5.32 Å². The monoisotopic (exact) mass is 309 g/mol. The number of carbonyl (C=O) groups excluding carboxylic acids is 1. The second-order valence-corrected chi connectivity index (χ2v) is 5.69. The summed E-state index contributed by atoms with van der Waals surface area (Å²) in [7, 11) is 0. The van der Waals surface area contributed by atoms with Crippen molar-refractivity contribution < 1.29 is 4.79 Å². The van der Waals surface area contributed by atoms with Gasteiger partial charge in [-0.15, -0.1) is 0 Å². The van der Waals surface area contributed by atoms with Gasteiger partial charge in [-0.1, -0.05) is 59.1 Å². The van der Waals surface area contributed by atoms with Crippen LogP contribution in [0, 0.1) is 5.92 Å². The summed E-state index contributed by atoms with van der Waals surface area (Å²) in [5.74, 6) is 0.798. The molecule has 1 aromatic carbocycles. The molecule has 0 spiro atoms. The van der Waals surface area contributed by atoms with Crippen LogP contribution in [0.25, 0.3) is 0 Å². The number of nitrogens with one attached hydrogen (secondary N) is 1. The smallest absolute Gasteiger partial charge is 0.220 e. The second kappa shape index (κ2) is 6.93. The summed E-state index contributed by atoms with van der Waals surface area (Å²) in [5.41, 5.74) is 1.16. The molecule has 1 aromatic rings. The van der Waals surface area contributed by atoms with Gasteiger partial charge >= 0.3 is 0 Å². The molecule has 1 amide bonds. The summed E-state index contributed by atoms with van der Waals surface area (Å²) in [6.07, 6.45) is 5.71. The first-order valence-electron chi connectivity index (χ1n) is 6.70. The summed E-state index contributed by atoms with van der Waals surface area (Å²) >= 11 is 3.48. The van der Waals surface area contributed by atoms with Crippen LogP contribution in [0.3, 0.4) is 0 Å². The van der Waals surface area contributed by atoms with Crippen LogP contribution in [0.2, 0.25) is 0 Å². The van der Waals surface area contributed by atoms with Gasteiger partial charge in [-0.3, -0.25) is 4.79 Å². The molecule has 18 heavy (non-hydrogen) atoms. The molecule has 0 aromatic heterocycles. The van der Waals surface area contributed by atoms with E-state index in [4.69, 9.17) is 0 Å². The number of halogens is 1. The minimum Gasteiger partial charge on any atom is -0.348 e. The van der Waals surface area contributed by atoms with E-state index in [2.05, 4.69) is 33.4 Å². The summed E-state index contributed by atoms with van der Waals surface area (Å²) < 4.78 is 0. The number of benzene rings is 1.